The molecule has 0 radical (unpaired) electrons. The Labute approximate surface area is 108 Å². The molecule has 0 aliphatic rings. The minimum atomic E-state index is -1.09. The number of alkyl halides is 1. The molecular formula is C13H24F2N2O. The van der Waals surface area contributed by atoms with Crippen LogP contribution < -0.4 is 10.6 Å². The maximum atomic E-state index is 12.6. The lowest BCUT2D eigenvalue weighted by Gasteiger charge is -2.18. The van der Waals surface area contributed by atoms with Crippen molar-refractivity contribution >= 4 is 0 Å². The Morgan fingerprint density at radius 3 is 2.72 bits per heavy atom. The van der Waals surface area contributed by atoms with Gasteiger partial charge in [0.2, 0.25) is 0 Å². The van der Waals surface area contributed by atoms with E-state index in [1.54, 1.807) is 6.08 Å². The molecule has 0 saturated carbocycles. The van der Waals surface area contributed by atoms with E-state index in [0.717, 1.165) is 19.4 Å². The fraction of sp³-hybridized carbons (Fsp3) is 0.692. The van der Waals surface area contributed by atoms with Crippen LogP contribution in [-0.4, -0.2) is 37.6 Å². The van der Waals surface area contributed by atoms with Crippen molar-refractivity contribution in [1.29, 1.82) is 0 Å². The molecule has 0 spiro atoms. The van der Waals surface area contributed by atoms with E-state index in [-0.39, 0.29) is 12.5 Å². The van der Waals surface area contributed by atoms with Gasteiger partial charge in [0.25, 0.3) is 0 Å². The number of rotatable bonds is 11. The summed E-state index contributed by atoms with van der Waals surface area (Å²) in [5.41, 5.74) is 0. The number of aliphatic hydroxyl groups is 1. The summed E-state index contributed by atoms with van der Waals surface area (Å²) in [6, 6.07) is -0.249. The highest BCUT2D eigenvalue weighted by molar-refractivity contribution is 4.98. The Hall–Kier alpha value is -0.780. The lowest BCUT2D eigenvalue weighted by molar-refractivity contribution is 0.117. The first-order valence-corrected chi connectivity index (χ1v) is 6.25. The van der Waals surface area contributed by atoms with E-state index >= 15 is 0 Å². The average Bonchev–Trinajstić information content (AvgIpc) is 2.39. The van der Waals surface area contributed by atoms with Crippen LogP contribution in [0.4, 0.5) is 8.78 Å². The summed E-state index contributed by atoms with van der Waals surface area (Å²) in [5, 5.41) is 15.6. The lowest BCUT2D eigenvalue weighted by atomic mass is 10.1. The normalized spacial score (nSPS) is 15.4. The number of allylic oxidation sites excluding steroid dienone is 1. The van der Waals surface area contributed by atoms with E-state index in [1.807, 2.05) is 7.05 Å². The smallest absolute Gasteiger partial charge is 0.141 e. The van der Waals surface area contributed by atoms with Crippen LogP contribution >= 0.6 is 0 Å². The summed E-state index contributed by atoms with van der Waals surface area (Å²) in [6.45, 7) is 3.43. The zero-order valence-corrected chi connectivity index (χ0v) is 11.0. The van der Waals surface area contributed by atoms with Crippen molar-refractivity contribution in [3.8, 4) is 0 Å². The third-order valence-electron chi connectivity index (χ3n) is 2.57. The van der Waals surface area contributed by atoms with Crippen molar-refractivity contribution in [1.82, 2.24) is 10.6 Å². The maximum absolute atomic E-state index is 12.6. The first-order chi connectivity index (χ1) is 8.63. The minimum absolute atomic E-state index is 0.249. The van der Waals surface area contributed by atoms with Crippen molar-refractivity contribution < 1.29 is 13.9 Å². The van der Waals surface area contributed by atoms with Gasteiger partial charge in [-0.2, -0.15) is 0 Å². The zero-order valence-electron chi connectivity index (χ0n) is 11.0. The molecule has 3 nitrogen and oxygen atoms in total. The van der Waals surface area contributed by atoms with Crippen molar-refractivity contribution in [2.75, 3.05) is 20.3 Å². The Kier molecular flexibility index (Phi) is 10.8. The first-order valence-electron chi connectivity index (χ1n) is 6.25. The number of nitrogens with one attached hydrogen (secondary N) is 2. The van der Waals surface area contributed by atoms with Gasteiger partial charge >= 0.3 is 0 Å². The van der Waals surface area contributed by atoms with Crippen molar-refractivity contribution in [2.24, 2.45) is 0 Å². The molecule has 0 aromatic rings. The van der Waals surface area contributed by atoms with Crippen LogP contribution in [0.3, 0.4) is 0 Å². The lowest BCUT2D eigenvalue weighted by Crippen LogP contribution is -2.36. The molecule has 0 aliphatic heterocycles. The first kappa shape index (κ1) is 17.2. The van der Waals surface area contributed by atoms with Gasteiger partial charge in [0.05, 0.1) is 0 Å². The van der Waals surface area contributed by atoms with Gasteiger partial charge in [-0.15, -0.1) is 6.58 Å². The molecule has 0 aliphatic carbocycles. The van der Waals surface area contributed by atoms with Gasteiger partial charge in [0.1, 0.15) is 18.7 Å². The predicted octanol–water partition coefficient (Wildman–Crippen LogP) is 2.05. The molecule has 2 atom stereocenters. The van der Waals surface area contributed by atoms with Crippen LogP contribution in [0.25, 0.3) is 0 Å². The average molecular weight is 262 g/mol. The standard InChI is InChI=1S/C13H24F2N2O/c1-3-12(8-7-11(15)10-14)17-13(18)6-4-5-9-16-2/h3,7,12-13,16-18H,1,4-6,8-10H2,2H3/b11-7+/t12-,13?/m0/s1. The third-order valence-corrected chi connectivity index (χ3v) is 2.57. The molecule has 106 valence electrons. The van der Waals surface area contributed by atoms with Crippen LogP contribution in [-0.2, 0) is 0 Å². The van der Waals surface area contributed by atoms with Gasteiger partial charge in [0.15, 0.2) is 0 Å². The second-order valence-corrected chi connectivity index (χ2v) is 4.14. The van der Waals surface area contributed by atoms with E-state index in [0.29, 0.717) is 6.42 Å². The quantitative estimate of drug-likeness (QED) is 0.303. The molecule has 0 rings (SSSR count). The molecule has 0 saturated heterocycles. The molecule has 0 aromatic heterocycles. The largest absolute Gasteiger partial charge is 0.379 e. The van der Waals surface area contributed by atoms with E-state index in [1.165, 1.54) is 6.08 Å². The number of hydrogen-bond acceptors (Lipinski definition) is 3. The highest BCUT2D eigenvalue weighted by atomic mass is 19.2. The van der Waals surface area contributed by atoms with Crippen LogP contribution in [0, 0.1) is 0 Å². The minimum Gasteiger partial charge on any atom is -0.379 e. The van der Waals surface area contributed by atoms with Gasteiger partial charge in [-0.3, -0.25) is 5.32 Å². The van der Waals surface area contributed by atoms with E-state index in [4.69, 9.17) is 0 Å². The van der Waals surface area contributed by atoms with Crippen LogP contribution in [0.1, 0.15) is 25.7 Å². The molecule has 0 heterocycles. The third kappa shape index (κ3) is 9.27. The highest BCUT2D eigenvalue weighted by Gasteiger charge is 2.09. The number of halogens is 2. The Morgan fingerprint density at radius 2 is 2.17 bits per heavy atom. The fourth-order valence-electron chi connectivity index (χ4n) is 1.51. The molecule has 0 amide bonds. The Morgan fingerprint density at radius 1 is 1.44 bits per heavy atom. The summed E-state index contributed by atoms with van der Waals surface area (Å²) in [7, 11) is 1.88. The Bertz CT molecular complexity index is 247. The second kappa shape index (κ2) is 11.3. The monoisotopic (exact) mass is 262 g/mol. The predicted molar refractivity (Wildman–Crippen MR) is 70.7 cm³/mol. The van der Waals surface area contributed by atoms with Gasteiger partial charge < -0.3 is 10.4 Å². The maximum Gasteiger partial charge on any atom is 0.141 e. The van der Waals surface area contributed by atoms with E-state index < -0.39 is 18.7 Å². The number of hydrogen-bond donors (Lipinski definition) is 3. The zero-order chi connectivity index (χ0) is 13.8. The van der Waals surface area contributed by atoms with E-state index in [9.17, 15) is 13.9 Å². The van der Waals surface area contributed by atoms with Gasteiger partial charge in [-0.1, -0.05) is 6.08 Å². The highest BCUT2D eigenvalue weighted by Crippen LogP contribution is 2.05. The molecule has 1 unspecified atom stereocenters. The molecule has 0 bridgehead atoms. The fourth-order valence-corrected chi connectivity index (χ4v) is 1.51. The SMILES string of the molecule is C=C[C@@H](C/C=C(/F)CF)NC(O)CCCCNC. The summed E-state index contributed by atoms with van der Waals surface area (Å²) >= 11 is 0. The topological polar surface area (TPSA) is 44.3 Å². The molecule has 0 aromatic carbocycles. The summed E-state index contributed by atoms with van der Waals surface area (Å²) in [4.78, 5) is 0. The molecule has 3 N–H and O–H groups in total. The van der Waals surface area contributed by atoms with Crippen LogP contribution in [0.5, 0.6) is 0 Å². The van der Waals surface area contributed by atoms with Crippen molar-refractivity contribution in [3.05, 3.63) is 24.6 Å². The molecular weight excluding hydrogens is 238 g/mol. The van der Waals surface area contributed by atoms with Crippen LogP contribution in [0.15, 0.2) is 24.6 Å². The van der Waals surface area contributed by atoms with E-state index in [2.05, 4.69) is 17.2 Å². The van der Waals surface area contributed by atoms with Crippen LogP contribution in [0.2, 0.25) is 0 Å². The van der Waals surface area contributed by atoms with Crippen molar-refractivity contribution in [2.45, 2.75) is 38.0 Å². The summed E-state index contributed by atoms with van der Waals surface area (Å²) in [5.74, 6) is -0.785. The molecule has 0 fully saturated rings. The van der Waals surface area contributed by atoms with Gasteiger partial charge in [0, 0.05) is 6.04 Å². The number of unbranched alkanes of at least 4 members (excludes halogenated alkanes) is 1. The Balaban J connectivity index is 3.86. The molecule has 18 heavy (non-hydrogen) atoms. The second-order valence-electron chi connectivity index (χ2n) is 4.14. The summed E-state index contributed by atoms with van der Waals surface area (Å²) in [6.07, 6.45) is 4.91. The van der Waals surface area contributed by atoms with Gasteiger partial charge in [-0.25, -0.2) is 8.78 Å². The summed E-state index contributed by atoms with van der Waals surface area (Å²) < 4.78 is 24.5. The number of aliphatic hydroxyl groups excluding tert-OH is 1. The van der Waals surface area contributed by atoms with Gasteiger partial charge in [-0.05, 0) is 45.4 Å². The van der Waals surface area contributed by atoms with Crippen molar-refractivity contribution in [3.63, 3.8) is 0 Å². The molecule has 5 heteroatoms.